The molecule has 0 radical (unpaired) electrons. The second-order valence-corrected chi connectivity index (χ2v) is 7.75. The zero-order chi connectivity index (χ0) is 22.7. The van der Waals surface area contributed by atoms with E-state index in [9.17, 15) is 14.0 Å². The predicted molar refractivity (Wildman–Crippen MR) is 123 cm³/mol. The lowest BCUT2D eigenvalue weighted by atomic mass is 10.1. The molecule has 2 amide bonds. The predicted octanol–water partition coefficient (Wildman–Crippen LogP) is 5.06. The first-order valence-corrected chi connectivity index (χ1v) is 10.3. The normalized spacial score (nSPS) is 13.0. The van der Waals surface area contributed by atoms with E-state index >= 15 is 0 Å². The minimum absolute atomic E-state index is 0.107. The lowest BCUT2D eigenvalue weighted by molar-refractivity contribution is 0.102. The van der Waals surface area contributed by atoms with E-state index < -0.39 is 17.6 Å². The van der Waals surface area contributed by atoms with E-state index in [1.807, 2.05) is 18.0 Å². The Balaban J connectivity index is 1.52. The fourth-order valence-electron chi connectivity index (χ4n) is 3.48. The maximum Gasteiger partial charge on any atom is 0.258 e. The Hall–Kier alpha value is -3.71. The van der Waals surface area contributed by atoms with Crippen LogP contribution in [0, 0.1) is 5.82 Å². The number of pyridine rings is 1. The summed E-state index contributed by atoms with van der Waals surface area (Å²) in [7, 11) is 1.94. The summed E-state index contributed by atoms with van der Waals surface area (Å²) in [5.41, 5.74) is 2.02. The molecule has 0 fully saturated rings. The van der Waals surface area contributed by atoms with Crippen LogP contribution in [0.1, 0.15) is 32.7 Å². The molecule has 8 heteroatoms. The summed E-state index contributed by atoms with van der Waals surface area (Å²) in [5, 5.41) is 5.73. The Morgan fingerprint density at radius 1 is 1.03 bits per heavy atom. The molecule has 3 aromatic rings. The van der Waals surface area contributed by atoms with E-state index in [1.165, 1.54) is 18.3 Å². The number of benzene rings is 2. The molecule has 0 saturated heterocycles. The highest BCUT2D eigenvalue weighted by Crippen LogP contribution is 2.26. The van der Waals surface area contributed by atoms with Gasteiger partial charge in [-0.15, -0.1) is 0 Å². The first-order chi connectivity index (χ1) is 15.4. The maximum atomic E-state index is 14.8. The third-order valence-corrected chi connectivity index (χ3v) is 5.34. The van der Waals surface area contributed by atoms with Gasteiger partial charge < -0.3 is 15.5 Å². The summed E-state index contributed by atoms with van der Waals surface area (Å²) in [4.78, 5) is 31.5. The maximum absolute atomic E-state index is 14.8. The van der Waals surface area contributed by atoms with Gasteiger partial charge in [-0.05, 0) is 42.8 Å². The van der Waals surface area contributed by atoms with Crippen LogP contribution in [0.5, 0.6) is 0 Å². The number of aromatic nitrogens is 1. The largest absolute Gasteiger partial charge is 0.374 e. The second-order valence-electron chi connectivity index (χ2n) is 7.31. The molecule has 2 aromatic carbocycles. The van der Waals surface area contributed by atoms with Gasteiger partial charge >= 0.3 is 0 Å². The van der Waals surface area contributed by atoms with E-state index in [1.54, 1.807) is 42.5 Å². The Kier molecular flexibility index (Phi) is 6.18. The van der Waals surface area contributed by atoms with Crippen molar-refractivity contribution < 1.29 is 14.0 Å². The smallest absolute Gasteiger partial charge is 0.258 e. The van der Waals surface area contributed by atoms with Crippen LogP contribution in [0.2, 0.25) is 5.02 Å². The molecule has 6 nitrogen and oxygen atoms in total. The van der Waals surface area contributed by atoms with Gasteiger partial charge in [0.05, 0.1) is 21.8 Å². The number of halogens is 2. The first kappa shape index (κ1) is 21.5. The molecule has 1 aromatic heterocycles. The first-order valence-electron chi connectivity index (χ1n) is 9.97. The number of para-hydroxylation sites is 1. The van der Waals surface area contributed by atoms with Crippen LogP contribution in [0.4, 0.5) is 15.9 Å². The van der Waals surface area contributed by atoms with Gasteiger partial charge in [-0.2, -0.15) is 0 Å². The van der Waals surface area contributed by atoms with Crippen molar-refractivity contribution in [3.05, 3.63) is 94.4 Å². The number of hydrogen-bond acceptors (Lipinski definition) is 4. The van der Waals surface area contributed by atoms with E-state index in [2.05, 4.69) is 15.6 Å². The molecule has 1 aliphatic heterocycles. The average Bonchev–Trinajstić information content (AvgIpc) is 3.21. The van der Waals surface area contributed by atoms with Crippen LogP contribution >= 0.6 is 11.6 Å². The molecule has 0 aliphatic carbocycles. The fraction of sp³-hybridized carbons (Fsp3) is 0.125. The van der Waals surface area contributed by atoms with Crippen molar-refractivity contribution in [1.29, 1.82) is 0 Å². The number of anilines is 2. The Bertz CT molecular complexity index is 1210. The summed E-state index contributed by atoms with van der Waals surface area (Å²) >= 11 is 5.81. The van der Waals surface area contributed by atoms with Crippen molar-refractivity contribution in [3.63, 3.8) is 0 Å². The molecule has 2 heterocycles. The summed E-state index contributed by atoms with van der Waals surface area (Å²) in [5.74, 6) is -1.43. The molecule has 0 saturated carbocycles. The Morgan fingerprint density at radius 2 is 1.81 bits per heavy atom. The van der Waals surface area contributed by atoms with Crippen molar-refractivity contribution in [2.24, 2.45) is 0 Å². The van der Waals surface area contributed by atoms with Crippen molar-refractivity contribution >= 4 is 40.6 Å². The zero-order valence-electron chi connectivity index (χ0n) is 17.2. The molecule has 0 bridgehead atoms. The van der Waals surface area contributed by atoms with Crippen LogP contribution in [0.3, 0.4) is 0 Å². The topological polar surface area (TPSA) is 74.3 Å². The van der Waals surface area contributed by atoms with E-state index in [-0.39, 0.29) is 16.8 Å². The Labute approximate surface area is 189 Å². The summed E-state index contributed by atoms with van der Waals surface area (Å²) in [6.07, 6.45) is 4.36. The highest BCUT2D eigenvalue weighted by atomic mass is 35.5. The number of rotatable bonds is 5. The number of carbonyl (C=O) groups is 2. The summed E-state index contributed by atoms with van der Waals surface area (Å²) < 4.78 is 14.8. The van der Waals surface area contributed by atoms with Crippen LogP contribution in [0.25, 0.3) is 5.70 Å². The van der Waals surface area contributed by atoms with E-state index in [0.29, 0.717) is 16.4 Å². The van der Waals surface area contributed by atoms with Crippen molar-refractivity contribution in [3.8, 4) is 0 Å². The van der Waals surface area contributed by atoms with Gasteiger partial charge in [0, 0.05) is 31.0 Å². The van der Waals surface area contributed by atoms with Gasteiger partial charge in [-0.25, -0.2) is 9.37 Å². The quantitative estimate of drug-likeness (QED) is 0.570. The number of amides is 2. The summed E-state index contributed by atoms with van der Waals surface area (Å²) in [6.45, 7) is 0.879. The van der Waals surface area contributed by atoms with Crippen LogP contribution in [0.15, 0.2) is 66.9 Å². The van der Waals surface area contributed by atoms with Crippen LogP contribution < -0.4 is 10.6 Å². The van der Waals surface area contributed by atoms with Gasteiger partial charge in [-0.1, -0.05) is 35.9 Å². The molecule has 0 spiro atoms. The monoisotopic (exact) mass is 450 g/mol. The highest BCUT2D eigenvalue weighted by Gasteiger charge is 2.19. The fourth-order valence-corrected chi connectivity index (χ4v) is 3.59. The molecule has 4 rings (SSSR count). The molecule has 1 aliphatic rings. The number of nitrogens with zero attached hydrogens (tertiary/aromatic N) is 2. The summed E-state index contributed by atoms with van der Waals surface area (Å²) in [6, 6.07) is 14.2. The number of hydrogen-bond donors (Lipinski definition) is 2. The van der Waals surface area contributed by atoms with Crippen molar-refractivity contribution in [2.45, 2.75) is 6.42 Å². The Morgan fingerprint density at radius 3 is 2.50 bits per heavy atom. The minimum atomic E-state index is -0.646. The molecular formula is C24H20ClFN4O2. The lowest BCUT2D eigenvalue weighted by Crippen LogP contribution is -2.19. The van der Waals surface area contributed by atoms with Gasteiger partial charge in [0.15, 0.2) is 0 Å². The minimum Gasteiger partial charge on any atom is -0.374 e. The molecule has 0 unspecified atom stereocenters. The third-order valence-electron chi connectivity index (χ3n) is 5.11. The lowest BCUT2D eigenvalue weighted by Gasteiger charge is -2.17. The third kappa shape index (κ3) is 4.63. The molecule has 32 heavy (non-hydrogen) atoms. The molecule has 0 atom stereocenters. The van der Waals surface area contributed by atoms with Gasteiger partial charge in [0.2, 0.25) is 0 Å². The van der Waals surface area contributed by atoms with E-state index in [4.69, 9.17) is 11.6 Å². The SMILES string of the molecule is CN1CCC=C1c1ccc(C(=O)Nc2ccccc2C(=O)Nc2ccc(Cl)cn2)c(F)c1. The van der Waals surface area contributed by atoms with Crippen LogP contribution in [-0.4, -0.2) is 35.3 Å². The number of carbonyl (C=O) groups excluding carboxylic acids is 2. The second kappa shape index (κ2) is 9.20. The highest BCUT2D eigenvalue weighted by molar-refractivity contribution is 6.30. The standard InChI is InChI=1S/C24H20ClFN4O2/c1-30-12-4-7-21(30)15-8-10-17(19(26)13-15)23(31)28-20-6-3-2-5-18(20)24(32)29-22-11-9-16(25)14-27-22/h2-3,5-11,13-14H,4,12H2,1H3,(H,28,31)(H,27,29,32). The van der Waals surface area contributed by atoms with Crippen molar-refractivity contribution in [2.75, 3.05) is 24.2 Å². The number of nitrogens with one attached hydrogen (secondary N) is 2. The van der Waals surface area contributed by atoms with Gasteiger partial charge in [-0.3, -0.25) is 9.59 Å². The van der Waals surface area contributed by atoms with Gasteiger partial charge in [0.1, 0.15) is 11.6 Å². The van der Waals surface area contributed by atoms with Crippen LogP contribution in [-0.2, 0) is 0 Å². The zero-order valence-corrected chi connectivity index (χ0v) is 18.0. The van der Waals surface area contributed by atoms with Gasteiger partial charge in [0.25, 0.3) is 11.8 Å². The average molecular weight is 451 g/mol. The molecule has 2 N–H and O–H groups in total. The molecular weight excluding hydrogens is 431 g/mol. The molecule has 162 valence electrons. The van der Waals surface area contributed by atoms with E-state index in [0.717, 1.165) is 18.7 Å². The van der Waals surface area contributed by atoms with Crippen molar-refractivity contribution in [1.82, 2.24) is 9.88 Å².